The van der Waals surface area contributed by atoms with Crippen molar-refractivity contribution in [2.24, 2.45) is 0 Å². The third-order valence-corrected chi connectivity index (χ3v) is 6.33. The van der Waals surface area contributed by atoms with Gasteiger partial charge in [-0.05, 0) is 47.5 Å². The highest BCUT2D eigenvalue weighted by molar-refractivity contribution is 5.89. The summed E-state index contributed by atoms with van der Waals surface area (Å²) in [6.07, 6.45) is -3.82. The molecule has 2 aromatic rings. The van der Waals surface area contributed by atoms with Crippen LogP contribution in [0.5, 0.6) is 23.0 Å². The number of methoxy groups -OCH3 is 1. The van der Waals surface area contributed by atoms with E-state index in [1.807, 2.05) is 0 Å². The Morgan fingerprint density at radius 3 is 1.80 bits per heavy atom. The number of aliphatic hydroxyl groups is 2. The first kappa shape index (κ1) is 29.4. The highest BCUT2D eigenvalue weighted by atomic mass is 16.8. The molecule has 2 bridgehead atoms. The molecule has 6 atom stereocenters. The zero-order valence-electron chi connectivity index (χ0n) is 21.3. The van der Waals surface area contributed by atoms with Crippen LogP contribution in [0.3, 0.4) is 0 Å². The second kappa shape index (κ2) is 11.9. The van der Waals surface area contributed by atoms with Gasteiger partial charge < -0.3 is 54.3 Å². The summed E-state index contributed by atoms with van der Waals surface area (Å²) in [5.41, 5.74) is 0.612. The van der Waals surface area contributed by atoms with E-state index >= 15 is 0 Å². The van der Waals surface area contributed by atoms with Crippen molar-refractivity contribution < 1.29 is 68.7 Å². The second-order valence-corrected chi connectivity index (χ2v) is 8.99. The molecule has 218 valence electrons. The van der Waals surface area contributed by atoms with E-state index in [9.17, 15) is 45.0 Å². The first-order valence-electron chi connectivity index (χ1n) is 12.0. The zero-order valence-corrected chi connectivity index (χ0v) is 21.3. The summed E-state index contributed by atoms with van der Waals surface area (Å²) in [6, 6.07) is 7.51. The van der Waals surface area contributed by atoms with Gasteiger partial charge in [-0.1, -0.05) is 12.1 Å². The van der Waals surface area contributed by atoms with Gasteiger partial charge in [0, 0.05) is 12.2 Å². The molecule has 0 saturated carbocycles. The van der Waals surface area contributed by atoms with Crippen molar-refractivity contribution in [2.75, 3.05) is 13.7 Å². The number of aliphatic hydroxyl groups excluding tert-OH is 2. The lowest BCUT2D eigenvalue weighted by molar-refractivity contribution is -0.294. The topological polar surface area (TPSA) is 219 Å². The molecule has 2 heterocycles. The largest absolute Gasteiger partial charge is 0.504 e. The third kappa shape index (κ3) is 5.95. The van der Waals surface area contributed by atoms with E-state index in [0.717, 1.165) is 19.3 Å². The van der Waals surface area contributed by atoms with Crippen LogP contribution in [0.15, 0.2) is 48.6 Å². The number of hydrogen-bond acceptors (Lipinski definition) is 14. The van der Waals surface area contributed by atoms with Gasteiger partial charge in [-0.3, -0.25) is 0 Å². The van der Waals surface area contributed by atoms with E-state index in [1.54, 1.807) is 0 Å². The van der Waals surface area contributed by atoms with E-state index < -0.39 is 72.3 Å². The van der Waals surface area contributed by atoms with Crippen molar-refractivity contribution in [1.29, 1.82) is 0 Å². The van der Waals surface area contributed by atoms with Gasteiger partial charge in [-0.25, -0.2) is 14.4 Å². The number of phenols is 4. The number of hydrogen-bond donors (Lipinski definition) is 6. The number of benzene rings is 2. The van der Waals surface area contributed by atoms with E-state index in [-0.39, 0.29) is 11.5 Å². The number of fused-ring (bicyclic) bond motifs is 2. The summed E-state index contributed by atoms with van der Waals surface area (Å²) in [6.45, 7) is -0.738. The standard InChI is InChI=1S/C27H26O14/c1-37-26(36)27-25(35)24(39-21(34)9-5-14-3-7-16(30)18(32)11-14)23(22(41-27)19(12-28)40-27)38-20(33)8-4-13-2-6-15(29)17(31)10-13/h2-11,19,22-25,28-32,35H,12H2,1H3/b8-4+,9-5+/t19-,22-,23+,24+,25-,27+/m1/s1. The van der Waals surface area contributed by atoms with Crippen molar-refractivity contribution in [1.82, 2.24) is 0 Å². The lowest BCUT2D eigenvalue weighted by Crippen LogP contribution is -2.65. The maximum atomic E-state index is 12.7. The molecule has 2 aliphatic heterocycles. The fourth-order valence-electron chi connectivity index (χ4n) is 4.33. The molecular formula is C27H26O14. The number of esters is 3. The van der Waals surface area contributed by atoms with Crippen molar-refractivity contribution in [3.8, 4) is 23.0 Å². The molecule has 0 aromatic heterocycles. The minimum absolute atomic E-state index is 0.299. The lowest BCUT2D eigenvalue weighted by Gasteiger charge is -2.41. The lowest BCUT2D eigenvalue weighted by atomic mass is 9.92. The van der Waals surface area contributed by atoms with E-state index in [0.29, 0.717) is 11.1 Å². The quantitative estimate of drug-likeness (QED) is 0.106. The first-order chi connectivity index (χ1) is 19.5. The van der Waals surface area contributed by atoms with Gasteiger partial charge in [-0.2, -0.15) is 0 Å². The maximum absolute atomic E-state index is 12.7. The van der Waals surface area contributed by atoms with Crippen LogP contribution in [-0.4, -0.2) is 98.6 Å². The molecule has 14 heteroatoms. The Morgan fingerprint density at radius 1 is 0.829 bits per heavy atom. The molecule has 14 nitrogen and oxygen atoms in total. The summed E-state index contributed by atoms with van der Waals surface area (Å²) in [5, 5.41) is 59.1. The number of carbonyl (C=O) groups is 3. The van der Waals surface area contributed by atoms with Gasteiger partial charge >= 0.3 is 23.7 Å². The number of aromatic hydroxyl groups is 4. The molecule has 2 aromatic carbocycles. The minimum Gasteiger partial charge on any atom is -0.504 e. The number of ether oxygens (including phenoxy) is 5. The summed E-state index contributed by atoms with van der Waals surface area (Å²) in [4.78, 5) is 38.1. The SMILES string of the molecule is COC(=O)[C@@]12O[C@@H]([C@H](OC(=O)/C=C/c3ccc(O)c(O)c3)[C@H](OC(=O)/C=C/c3ccc(O)c(O)c3)[C@H]1O)[C@@H](CO)O2. The van der Waals surface area contributed by atoms with Crippen LogP contribution in [0.25, 0.3) is 12.2 Å². The highest BCUT2D eigenvalue weighted by Gasteiger charge is 2.70. The number of rotatable bonds is 8. The molecule has 0 unspecified atom stereocenters. The van der Waals surface area contributed by atoms with Gasteiger partial charge in [-0.15, -0.1) is 0 Å². The maximum Gasteiger partial charge on any atom is 0.369 e. The molecule has 2 fully saturated rings. The van der Waals surface area contributed by atoms with E-state index in [4.69, 9.17) is 18.9 Å². The Balaban J connectivity index is 1.60. The predicted octanol–water partition coefficient (Wildman–Crippen LogP) is 0.0793. The monoisotopic (exact) mass is 574 g/mol. The molecule has 0 radical (unpaired) electrons. The fraction of sp³-hybridized carbons (Fsp3) is 0.296. The second-order valence-electron chi connectivity index (χ2n) is 8.99. The van der Waals surface area contributed by atoms with Crippen molar-refractivity contribution in [3.05, 3.63) is 59.7 Å². The van der Waals surface area contributed by atoms with Crippen LogP contribution >= 0.6 is 0 Å². The molecule has 2 saturated heterocycles. The van der Waals surface area contributed by atoms with E-state index in [2.05, 4.69) is 4.74 Å². The van der Waals surface area contributed by atoms with Gasteiger partial charge in [0.2, 0.25) is 0 Å². The summed E-state index contributed by atoms with van der Waals surface area (Å²) in [7, 11) is 0.993. The van der Waals surface area contributed by atoms with Crippen molar-refractivity contribution in [2.45, 2.75) is 36.3 Å². The Labute approximate surface area is 231 Å². The molecule has 6 N–H and O–H groups in total. The average molecular weight is 574 g/mol. The molecule has 0 spiro atoms. The Morgan fingerprint density at radius 2 is 1.34 bits per heavy atom. The molecule has 0 amide bonds. The first-order valence-corrected chi connectivity index (χ1v) is 12.0. The van der Waals surface area contributed by atoms with Crippen LogP contribution in [0, 0.1) is 0 Å². The van der Waals surface area contributed by atoms with Crippen LogP contribution < -0.4 is 0 Å². The van der Waals surface area contributed by atoms with Gasteiger partial charge in [0.25, 0.3) is 0 Å². The van der Waals surface area contributed by atoms with Gasteiger partial charge in [0.15, 0.2) is 41.3 Å². The Kier molecular flexibility index (Phi) is 8.49. The van der Waals surface area contributed by atoms with Crippen LogP contribution in [-0.2, 0) is 38.1 Å². The van der Waals surface area contributed by atoms with Crippen LogP contribution in [0.1, 0.15) is 11.1 Å². The van der Waals surface area contributed by atoms with Gasteiger partial charge in [0.05, 0.1) is 13.7 Å². The predicted molar refractivity (Wildman–Crippen MR) is 135 cm³/mol. The van der Waals surface area contributed by atoms with Crippen molar-refractivity contribution >= 4 is 30.1 Å². The zero-order chi connectivity index (χ0) is 29.9. The van der Waals surface area contributed by atoms with Crippen LogP contribution in [0.2, 0.25) is 0 Å². The molecule has 41 heavy (non-hydrogen) atoms. The average Bonchev–Trinajstić information content (AvgIpc) is 3.32. The van der Waals surface area contributed by atoms with Crippen LogP contribution in [0.4, 0.5) is 0 Å². The normalized spacial score (nSPS) is 27.1. The summed E-state index contributed by atoms with van der Waals surface area (Å²) < 4.78 is 26.6. The third-order valence-electron chi connectivity index (χ3n) is 6.33. The Bertz CT molecular complexity index is 1380. The molecular weight excluding hydrogens is 548 g/mol. The molecule has 4 rings (SSSR count). The van der Waals surface area contributed by atoms with Gasteiger partial charge in [0.1, 0.15) is 12.2 Å². The number of carbonyl (C=O) groups excluding carboxylic acids is 3. The number of phenolic OH excluding ortho intramolecular Hbond substituents is 4. The molecule has 0 aliphatic carbocycles. The summed E-state index contributed by atoms with van der Waals surface area (Å²) >= 11 is 0. The van der Waals surface area contributed by atoms with Crippen molar-refractivity contribution in [3.63, 3.8) is 0 Å². The molecule has 2 aliphatic rings. The smallest absolute Gasteiger partial charge is 0.369 e. The minimum atomic E-state index is -2.51. The summed E-state index contributed by atoms with van der Waals surface area (Å²) in [5.74, 6) is -7.41. The highest BCUT2D eigenvalue weighted by Crippen LogP contribution is 2.44. The fourth-order valence-corrected chi connectivity index (χ4v) is 4.33. The Hall–Kier alpha value is -4.63. The van der Waals surface area contributed by atoms with E-state index in [1.165, 1.54) is 48.6 Å².